The molecule has 0 fully saturated rings. The molecule has 2 aromatic carbocycles. The van der Waals surface area contributed by atoms with Gasteiger partial charge in [0, 0.05) is 18.7 Å². The summed E-state index contributed by atoms with van der Waals surface area (Å²) in [5.41, 5.74) is 10.0. The zero-order valence-electron chi connectivity index (χ0n) is 30.0. The average Bonchev–Trinajstić information content (AvgIpc) is 3.47. The van der Waals surface area contributed by atoms with Crippen molar-refractivity contribution in [2.75, 3.05) is 30.3 Å². The number of rotatable bonds is 19. The van der Waals surface area contributed by atoms with Crippen molar-refractivity contribution in [3.63, 3.8) is 0 Å². The van der Waals surface area contributed by atoms with Gasteiger partial charge in [0.25, 0.3) is 0 Å². The first-order chi connectivity index (χ1) is 23.8. The lowest BCUT2D eigenvalue weighted by Crippen LogP contribution is -2.42. The summed E-state index contributed by atoms with van der Waals surface area (Å²) in [4.78, 5) is 23.0. The van der Waals surface area contributed by atoms with E-state index in [0.717, 1.165) is 72.4 Å². The quantitative estimate of drug-likeness (QED) is 0.0726. The van der Waals surface area contributed by atoms with Gasteiger partial charge in [0.2, 0.25) is 0 Å². The fourth-order valence-corrected chi connectivity index (χ4v) is 7.33. The Balaban J connectivity index is 1.41. The highest BCUT2D eigenvalue weighted by Crippen LogP contribution is 2.38. The third kappa shape index (κ3) is 11.1. The number of ether oxygens (including phenoxy) is 1. The first kappa shape index (κ1) is 39.0. The molecule has 0 aliphatic rings. The van der Waals surface area contributed by atoms with E-state index in [0.29, 0.717) is 30.5 Å². The van der Waals surface area contributed by atoms with E-state index >= 15 is 0 Å². The second-order valence-electron chi connectivity index (χ2n) is 14.4. The Hall–Kier alpha value is -3.80. The lowest BCUT2D eigenvalue weighted by Gasteiger charge is -2.33. The Morgan fingerprint density at radius 3 is 2.48 bits per heavy atom. The SMILES string of the molecule is CCCC(C)(CN(CCCCCCc1ccccc1-c1[nH+]c(N)sc1-c1cccc(OCCC(C)(C)C)c1)c1cccc(S(=O)[O-])n1)C(=O)O. The smallest absolute Gasteiger partial charge is 0.330 e. The second-order valence-corrected chi connectivity index (χ2v) is 16.3. The van der Waals surface area contributed by atoms with Gasteiger partial charge in [0.15, 0.2) is 5.69 Å². The van der Waals surface area contributed by atoms with Gasteiger partial charge in [-0.3, -0.25) is 14.7 Å². The number of hydrogen-bond donors (Lipinski definition) is 2. The number of unbranched alkanes of at least 4 members (excludes halogenated alkanes) is 3. The molecule has 4 rings (SSSR count). The lowest BCUT2D eigenvalue weighted by atomic mass is 9.85. The summed E-state index contributed by atoms with van der Waals surface area (Å²) < 4.78 is 29.3. The van der Waals surface area contributed by atoms with Crippen LogP contribution in [0, 0.1) is 10.8 Å². The zero-order valence-corrected chi connectivity index (χ0v) is 31.6. The van der Waals surface area contributed by atoms with Crippen LogP contribution in [-0.2, 0) is 22.3 Å². The summed E-state index contributed by atoms with van der Waals surface area (Å²) in [5.74, 6) is 0.461. The molecule has 0 radical (unpaired) electrons. The van der Waals surface area contributed by atoms with Gasteiger partial charge in [0.1, 0.15) is 16.6 Å². The van der Waals surface area contributed by atoms with Crippen LogP contribution in [0.5, 0.6) is 5.75 Å². The van der Waals surface area contributed by atoms with Gasteiger partial charge in [0.05, 0.1) is 16.9 Å². The summed E-state index contributed by atoms with van der Waals surface area (Å²) in [6.07, 6.45) is 6.83. The molecule has 270 valence electrons. The van der Waals surface area contributed by atoms with Gasteiger partial charge in [-0.15, -0.1) is 0 Å². The maximum absolute atomic E-state index is 12.3. The van der Waals surface area contributed by atoms with Gasteiger partial charge >= 0.3 is 11.1 Å². The number of aryl methyl sites for hydroxylation is 1. The number of aromatic nitrogens is 2. The van der Waals surface area contributed by atoms with E-state index in [1.54, 1.807) is 30.4 Å². The molecule has 2 unspecified atom stereocenters. The van der Waals surface area contributed by atoms with Gasteiger partial charge in [-0.2, -0.15) is 0 Å². The van der Waals surface area contributed by atoms with Crippen LogP contribution in [0.1, 0.15) is 85.1 Å². The Morgan fingerprint density at radius 1 is 1.02 bits per heavy atom. The van der Waals surface area contributed by atoms with Crippen molar-refractivity contribution in [3.05, 3.63) is 72.3 Å². The van der Waals surface area contributed by atoms with Crippen LogP contribution in [0.4, 0.5) is 10.9 Å². The van der Waals surface area contributed by atoms with Crippen LogP contribution in [0.25, 0.3) is 21.7 Å². The predicted octanol–water partition coefficient (Wildman–Crippen LogP) is 8.43. The minimum atomic E-state index is -2.47. The van der Waals surface area contributed by atoms with Crippen molar-refractivity contribution >= 4 is 39.3 Å². The number of benzene rings is 2. The minimum absolute atomic E-state index is 0.0522. The number of hydrogen-bond acceptors (Lipinski definition) is 8. The van der Waals surface area contributed by atoms with Crippen molar-refractivity contribution in [2.24, 2.45) is 10.8 Å². The van der Waals surface area contributed by atoms with Crippen molar-refractivity contribution in [1.82, 2.24) is 4.98 Å². The number of pyridine rings is 1. The number of aliphatic carboxylic acids is 1. The Kier molecular flexibility index (Phi) is 14.0. The molecule has 11 heteroatoms. The molecule has 0 bridgehead atoms. The van der Waals surface area contributed by atoms with Crippen molar-refractivity contribution in [3.8, 4) is 27.4 Å². The normalized spacial score (nSPS) is 13.5. The molecule has 2 heterocycles. The fraction of sp³-hybridized carbons (Fsp3) is 0.462. The number of nitrogens with zero attached hydrogens (tertiary/aromatic N) is 2. The van der Waals surface area contributed by atoms with Crippen LogP contribution in [0.3, 0.4) is 0 Å². The molecule has 4 N–H and O–H groups in total. The molecule has 0 saturated heterocycles. The van der Waals surface area contributed by atoms with Crippen LogP contribution in [0.2, 0.25) is 0 Å². The third-order valence-electron chi connectivity index (χ3n) is 8.88. The summed E-state index contributed by atoms with van der Waals surface area (Å²) >= 11 is -0.930. The number of nitrogen functional groups attached to an aromatic ring is 1. The third-order valence-corrected chi connectivity index (χ3v) is 10.4. The van der Waals surface area contributed by atoms with E-state index in [1.165, 1.54) is 11.6 Å². The molecular formula is C39H52N4O5S2. The van der Waals surface area contributed by atoms with E-state index in [-0.39, 0.29) is 17.0 Å². The molecule has 0 aliphatic heterocycles. The maximum atomic E-state index is 12.3. The highest BCUT2D eigenvalue weighted by Gasteiger charge is 2.34. The monoisotopic (exact) mass is 720 g/mol. The van der Waals surface area contributed by atoms with Gasteiger partial charge in [-0.05, 0) is 102 Å². The van der Waals surface area contributed by atoms with E-state index in [9.17, 15) is 18.7 Å². The van der Waals surface area contributed by atoms with Crippen molar-refractivity contribution in [2.45, 2.75) is 91.0 Å². The van der Waals surface area contributed by atoms with Gasteiger partial charge < -0.3 is 19.3 Å². The number of anilines is 2. The number of thiazole rings is 1. The molecule has 2 aromatic heterocycles. The fourth-order valence-electron chi connectivity index (χ4n) is 6.09. The molecule has 9 nitrogen and oxygen atoms in total. The van der Waals surface area contributed by atoms with Crippen LogP contribution >= 0.6 is 11.3 Å². The Bertz CT molecular complexity index is 1740. The standard InChI is InChI=1S/C39H52N4O5S2/c1-6-22-39(5,36(44)45)27-43(32-20-14-21-33(41-32)50(46)47)24-12-8-7-9-15-28-16-10-11-19-31(28)34-35(49-37(40)42-34)29-17-13-18-30(26-29)48-25-23-38(2,3)4/h10-11,13-14,16-21,26H,6-9,12,15,22-25,27H2,1-5H3,(H2,40,42)(H,44,45)(H,46,47). The zero-order chi connectivity index (χ0) is 36.3. The van der Waals surface area contributed by atoms with E-state index < -0.39 is 22.5 Å². The molecule has 50 heavy (non-hydrogen) atoms. The molecule has 2 atom stereocenters. The molecule has 4 aromatic rings. The lowest BCUT2D eigenvalue weighted by molar-refractivity contribution is -0.340. The summed E-state index contributed by atoms with van der Waals surface area (Å²) in [7, 11) is 0. The largest absolute Gasteiger partial charge is 0.767 e. The molecule has 0 amide bonds. The maximum Gasteiger partial charge on any atom is 0.330 e. The number of carboxylic acid groups (broad SMARTS) is 1. The Labute approximate surface area is 303 Å². The summed E-state index contributed by atoms with van der Waals surface area (Å²) in [5, 5.41) is 10.6. The van der Waals surface area contributed by atoms with Gasteiger partial charge in [-0.25, -0.2) is 9.97 Å². The number of nitrogens with one attached hydrogen (secondary N) is 1. The van der Waals surface area contributed by atoms with Crippen LogP contribution < -0.4 is 20.4 Å². The minimum Gasteiger partial charge on any atom is -0.767 e. The molecule has 0 spiro atoms. The number of carboxylic acids is 1. The van der Waals surface area contributed by atoms with Gasteiger partial charge in [-0.1, -0.05) is 89.4 Å². The number of carbonyl (C=O) groups is 1. The predicted molar refractivity (Wildman–Crippen MR) is 202 cm³/mol. The van der Waals surface area contributed by atoms with E-state index in [1.807, 2.05) is 24.0 Å². The Morgan fingerprint density at radius 2 is 1.76 bits per heavy atom. The first-order valence-electron chi connectivity index (χ1n) is 17.5. The van der Waals surface area contributed by atoms with E-state index in [2.05, 4.69) is 67.1 Å². The van der Waals surface area contributed by atoms with Crippen molar-refractivity contribution < 1.29 is 28.4 Å². The van der Waals surface area contributed by atoms with E-state index in [4.69, 9.17) is 10.5 Å². The van der Waals surface area contributed by atoms with Crippen LogP contribution in [0.15, 0.2) is 71.8 Å². The number of nitrogens with two attached hydrogens (primary N) is 1. The van der Waals surface area contributed by atoms with Crippen LogP contribution in [-0.4, -0.2) is 44.5 Å². The summed E-state index contributed by atoms with van der Waals surface area (Å²) in [6.45, 7) is 11.8. The molecular weight excluding hydrogens is 669 g/mol. The first-order valence-corrected chi connectivity index (χ1v) is 19.4. The summed E-state index contributed by atoms with van der Waals surface area (Å²) in [6, 6.07) is 21.5. The number of aromatic amines is 1. The highest BCUT2D eigenvalue weighted by atomic mass is 32.2. The average molecular weight is 721 g/mol. The number of H-pyrrole nitrogens is 1. The highest BCUT2D eigenvalue weighted by molar-refractivity contribution is 7.79. The second kappa shape index (κ2) is 17.9. The molecule has 0 aliphatic carbocycles. The van der Waals surface area contributed by atoms with Crippen molar-refractivity contribution in [1.29, 1.82) is 0 Å². The molecule has 0 saturated carbocycles. The topological polar surface area (TPSA) is 143 Å².